The predicted molar refractivity (Wildman–Crippen MR) is 55.8 cm³/mol. The molecular formula is C10H17NOS. The van der Waals surface area contributed by atoms with Gasteiger partial charge in [0.2, 0.25) is 5.91 Å². The molecule has 3 unspecified atom stereocenters. The molecule has 1 saturated carbocycles. The van der Waals surface area contributed by atoms with Gasteiger partial charge in [-0.15, -0.1) is 11.8 Å². The standard InChI is InChI=1S/C10H17NOS/c1-7-4-5-8(7)11-10(12)9-3-2-6-13-9/h7-9H,2-6H2,1H3,(H,11,12). The zero-order valence-electron chi connectivity index (χ0n) is 8.08. The topological polar surface area (TPSA) is 29.1 Å². The highest BCUT2D eigenvalue weighted by Gasteiger charge is 2.31. The normalized spacial score (nSPS) is 38.4. The lowest BCUT2D eigenvalue weighted by atomic mass is 9.81. The molecule has 0 radical (unpaired) electrons. The molecule has 2 nitrogen and oxygen atoms in total. The van der Waals surface area contributed by atoms with Crippen molar-refractivity contribution in [3.05, 3.63) is 0 Å². The van der Waals surface area contributed by atoms with Crippen molar-refractivity contribution in [2.75, 3.05) is 5.75 Å². The molecule has 3 atom stereocenters. The van der Waals surface area contributed by atoms with Gasteiger partial charge in [-0.1, -0.05) is 6.92 Å². The summed E-state index contributed by atoms with van der Waals surface area (Å²) in [7, 11) is 0. The van der Waals surface area contributed by atoms with E-state index in [0.29, 0.717) is 17.9 Å². The summed E-state index contributed by atoms with van der Waals surface area (Å²) in [5.41, 5.74) is 0. The van der Waals surface area contributed by atoms with Crippen LogP contribution in [0.4, 0.5) is 0 Å². The Kier molecular flexibility index (Phi) is 2.82. The first-order valence-electron chi connectivity index (χ1n) is 5.19. The average Bonchev–Trinajstić information content (AvgIpc) is 2.64. The van der Waals surface area contributed by atoms with Crippen LogP contribution in [0.1, 0.15) is 32.6 Å². The maximum absolute atomic E-state index is 11.7. The van der Waals surface area contributed by atoms with Crippen molar-refractivity contribution in [3.8, 4) is 0 Å². The largest absolute Gasteiger partial charge is 0.352 e. The van der Waals surface area contributed by atoms with Gasteiger partial charge in [0.05, 0.1) is 5.25 Å². The first kappa shape index (κ1) is 9.38. The van der Waals surface area contributed by atoms with Crippen LogP contribution in [0.3, 0.4) is 0 Å². The van der Waals surface area contributed by atoms with Gasteiger partial charge in [-0.2, -0.15) is 0 Å². The average molecular weight is 199 g/mol. The van der Waals surface area contributed by atoms with Crippen molar-refractivity contribution in [1.82, 2.24) is 5.32 Å². The summed E-state index contributed by atoms with van der Waals surface area (Å²) >= 11 is 1.82. The van der Waals surface area contributed by atoms with Crippen LogP contribution in [-0.2, 0) is 4.79 Å². The quantitative estimate of drug-likeness (QED) is 0.734. The van der Waals surface area contributed by atoms with Gasteiger partial charge in [0.15, 0.2) is 0 Å². The number of hydrogen-bond donors (Lipinski definition) is 1. The van der Waals surface area contributed by atoms with E-state index in [9.17, 15) is 4.79 Å². The summed E-state index contributed by atoms with van der Waals surface area (Å²) < 4.78 is 0. The number of hydrogen-bond acceptors (Lipinski definition) is 2. The minimum Gasteiger partial charge on any atom is -0.352 e. The lowest BCUT2D eigenvalue weighted by Crippen LogP contribution is -2.48. The Morgan fingerprint density at radius 1 is 1.38 bits per heavy atom. The van der Waals surface area contributed by atoms with Gasteiger partial charge in [-0.05, 0) is 37.4 Å². The van der Waals surface area contributed by atoms with Crippen LogP contribution in [0.2, 0.25) is 0 Å². The third-order valence-electron chi connectivity index (χ3n) is 3.17. The van der Waals surface area contributed by atoms with Gasteiger partial charge in [0.1, 0.15) is 0 Å². The number of nitrogens with one attached hydrogen (secondary N) is 1. The van der Waals surface area contributed by atoms with Crippen LogP contribution in [0.5, 0.6) is 0 Å². The molecule has 1 heterocycles. The number of thioether (sulfide) groups is 1. The summed E-state index contributed by atoms with van der Waals surface area (Å²) in [4.78, 5) is 11.7. The van der Waals surface area contributed by atoms with Gasteiger partial charge < -0.3 is 5.32 Å². The van der Waals surface area contributed by atoms with Gasteiger partial charge in [-0.3, -0.25) is 4.79 Å². The van der Waals surface area contributed by atoms with E-state index in [4.69, 9.17) is 0 Å². The molecule has 1 saturated heterocycles. The number of carbonyl (C=O) groups is 1. The molecule has 1 N–H and O–H groups in total. The Hall–Kier alpha value is -0.180. The maximum Gasteiger partial charge on any atom is 0.233 e. The molecular weight excluding hydrogens is 182 g/mol. The Balaban J connectivity index is 1.77. The summed E-state index contributed by atoms with van der Waals surface area (Å²) in [6, 6.07) is 0.480. The molecule has 1 aliphatic heterocycles. The van der Waals surface area contributed by atoms with E-state index in [2.05, 4.69) is 12.2 Å². The van der Waals surface area contributed by atoms with E-state index >= 15 is 0 Å². The van der Waals surface area contributed by atoms with Crippen LogP contribution in [0, 0.1) is 5.92 Å². The summed E-state index contributed by atoms with van der Waals surface area (Å²) in [5, 5.41) is 3.41. The molecule has 2 rings (SSSR count). The number of carbonyl (C=O) groups excluding carboxylic acids is 1. The Morgan fingerprint density at radius 2 is 2.23 bits per heavy atom. The maximum atomic E-state index is 11.7. The highest BCUT2D eigenvalue weighted by Crippen LogP contribution is 2.29. The Bertz CT molecular complexity index is 201. The van der Waals surface area contributed by atoms with Crippen LogP contribution in [0.15, 0.2) is 0 Å². The Morgan fingerprint density at radius 3 is 2.69 bits per heavy atom. The molecule has 13 heavy (non-hydrogen) atoms. The minimum absolute atomic E-state index is 0.257. The molecule has 0 aromatic carbocycles. The van der Waals surface area contributed by atoms with Gasteiger partial charge >= 0.3 is 0 Å². The zero-order chi connectivity index (χ0) is 9.26. The van der Waals surface area contributed by atoms with Crippen molar-refractivity contribution in [2.45, 2.75) is 43.9 Å². The SMILES string of the molecule is CC1CCC1NC(=O)C1CCCS1. The summed E-state index contributed by atoms with van der Waals surface area (Å²) in [6.07, 6.45) is 4.76. The van der Waals surface area contributed by atoms with Crippen LogP contribution >= 0.6 is 11.8 Å². The molecule has 2 fully saturated rings. The molecule has 2 aliphatic rings. The fourth-order valence-electron chi connectivity index (χ4n) is 1.94. The van der Waals surface area contributed by atoms with Crippen molar-refractivity contribution in [2.24, 2.45) is 5.92 Å². The molecule has 0 aromatic heterocycles. The fourth-order valence-corrected chi connectivity index (χ4v) is 3.11. The van der Waals surface area contributed by atoms with Gasteiger partial charge in [0, 0.05) is 6.04 Å². The third-order valence-corrected chi connectivity index (χ3v) is 4.55. The van der Waals surface area contributed by atoms with E-state index in [-0.39, 0.29) is 5.25 Å². The highest BCUT2D eigenvalue weighted by atomic mass is 32.2. The predicted octanol–water partition coefficient (Wildman–Crippen LogP) is 1.80. The van der Waals surface area contributed by atoms with E-state index in [1.165, 1.54) is 19.3 Å². The lowest BCUT2D eigenvalue weighted by molar-refractivity contribution is -0.122. The lowest BCUT2D eigenvalue weighted by Gasteiger charge is -2.35. The van der Waals surface area contributed by atoms with E-state index < -0.39 is 0 Å². The van der Waals surface area contributed by atoms with Crippen molar-refractivity contribution >= 4 is 17.7 Å². The molecule has 1 aliphatic carbocycles. The molecule has 0 aromatic rings. The monoisotopic (exact) mass is 199 g/mol. The second-order valence-corrected chi connectivity index (χ2v) is 5.48. The minimum atomic E-state index is 0.257. The zero-order valence-corrected chi connectivity index (χ0v) is 8.90. The molecule has 0 spiro atoms. The highest BCUT2D eigenvalue weighted by molar-refractivity contribution is 8.00. The number of amides is 1. The van der Waals surface area contributed by atoms with E-state index in [0.717, 1.165) is 12.2 Å². The molecule has 74 valence electrons. The van der Waals surface area contributed by atoms with E-state index in [1.807, 2.05) is 11.8 Å². The van der Waals surface area contributed by atoms with Crippen molar-refractivity contribution in [1.29, 1.82) is 0 Å². The van der Waals surface area contributed by atoms with Crippen LogP contribution in [0.25, 0.3) is 0 Å². The van der Waals surface area contributed by atoms with Crippen LogP contribution in [-0.4, -0.2) is 23.0 Å². The van der Waals surface area contributed by atoms with Crippen molar-refractivity contribution in [3.63, 3.8) is 0 Å². The fraction of sp³-hybridized carbons (Fsp3) is 0.900. The molecule has 3 heteroatoms. The number of rotatable bonds is 2. The summed E-state index contributed by atoms with van der Waals surface area (Å²) in [5.74, 6) is 2.16. The van der Waals surface area contributed by atoms with Gasteiger partial charge in [0.25, 0.3) is 0 Å². The third kappa shape index (κ3) is 2.01. The second-order valence-electron chi connectivity index (χ2n) is 4.17. The summed E-state index contributed by atoms with van der Waals surface area (Å²) in [6.45, 7) is 2.22. The first-order chi connectivity index (χ1) is 6.27. The molecule has 0 bridgehead atoms. The first-order valence-corrected chi connectivity index (χ1v) is 6.24. The van der Waals surface area contributed by atoms with E-state index in [1.54, 1.807) is 0 Å². The van der Waals surface area contributed by atoms with Crippen LogP contribution < -0.4 is 5.32 Å². The van der Waals surface area contributed by atoms with Gasteiger partial charge in [-0.25, -0.2) is 0 Å². The molecule has 1 amide bonds. The smallest absolute Gasteiger partial charge is 0.233 e. The second kappa shape index (κ2) is 3.91. The Labute approximate surface area is 83.8 Å². The van der Waals surface area contributed by atoms with Crippen molar-refractivity contribution < 1.29 is 4.79 Å².